The normalized spacial score (nSPS) is 10.5. The number of carbonyl (C=O) groups is 2. The number of amides is 1. The van der Waals surface area contributed by atoms with E-state index in [1.54, 1.807) is 29.6 Å². The van der Waals surface area contributed by atoms with Gasteiger partial charge in [-0.2, -0.15) is 5.10 Å². The highest BCUT2D eigenvalue weighted by molar-refractivity contribution is 7.12. The van der Waals surface area contributed by atoms with Crippen LogP contribution in [0.25, 0.3) is 0 Å². The van der Waals surface area contributed by atoms with E-state index in [4.69, 9.17) is 0 Å². The van der Waals surface area contributed by atoms with Gasteiger partial charge in [-0.3, -0.25) is 4.79 Å². The van der Waals surface area contributed by atoms with Crippen LogP contribution in [0.2, 0.25) is 0 Å². The third-order valence-corrected chi connectivity index (χ3v) is 3.14. The number of carboxylic acid groups (broad SMARTS) is 1. The van der Waals surface area contributed by atoms with E-state index in [1.807, 2.05) is 0 Å². The summed E-state index contributed by atoms with van der Waals surface area (Å²) in [6.45, 7) is 0. The Morgan fingerprint density at radius 1 is 1.21 bits per heavy atom. The number of hydrogen-bond acceptors (Lipinski definition) is 5. The van der Waals surface area contributed by atoms with Gasteiger partial charge in [0.25, 0.3) is 5.91 Å². The van der Waals surface area contributed by atoms with Gasteiger partial charge in [0.2, 0.25) is 0 Å². The van der Waals surface area contributed by atoms with Crippen molar-refractivity contribution in [2.75, 3.05) is 0 Å². The molecule has 2 rings (SSSR count). The first-order chi connectivity index (χ1) is 9.16. The molecule has 0 atom stereocenters. The highest BCUT2D eigenvalue weighted by Crippen LogP contribution is 2.07. The Balaban J connectivity index is 1.95. The van der Waals surface area contributed by atoms with E-state index >= 15 is 0 Å². The molecule has 1 aromatic heterocycles. The lowest BCUT2D eigenvalue weighted by molar-refractivity contribution is -0.255. The second-order valence-corrected chi connectivity index (χ2v) is 4.53. The first kappa shape index (κ1) is 13.0. The molecule has 0 radical (unpaired) electrons. The average molecular weight is 273 g/mol. The fraction of sp³-hybridized carbons (Fsp3) is 0. The number of hydrazone groups is 1. The molecule has 0 aliphatic carbocycles. The Morgan fingerprint density at radius 3 is 2.53 bits per heavy atom. The number of carbonyl (C=O) groups excluding carboxylic acids is 2. The van der Waals surface area contributed by atoms with Gasteiger partial charge < -0.3 is 9.90 Å². The fourth-order valence-corrected chi connectivity index (χ4v) is 1.95. The lowest BCUT2D eigenvalue weighted by Crippen LogP contribution is -2.22. The quantitative estimate of drug-likeness (QED) is 0.663. The van der Waals surface area contributed by atoms with Crippen LogP contribution in [0.4, 0.5) is 0 Å². The summed E-state index contributed by atoms with van der Waals surface area (Å²) in [5, 5.41) is 16.1. The molecular formula is C13H9N2O3S-. The molecule has 1 N–H and O–H groups in total. The Hall–Kier alpha value is -2.47. The van der Waals surface area contributed by atoms with Crippen LogP contribution in [-0.2, 0) is 0 Å². The molecular weight excluding hydrogens is 264 g/mol. The molecule has 5 nitrogen and oxygen atoms in total. The van der Waals surface area contributed by atoms with Gasteiger partial charge in [-0.1, -0.05) is 30.3 Å². The summed E-state index contributed by atoms with van der Waals surface area (Å²) in [6, 6.07) is 9.46. The number of nitrogens with one attached hydrogen (secondary N) is 1. The lowest BCUT2D eigenvalue weighted by Gasteiger charge is -2.01. The summed E-state index contributed by atoms with van der Waals surface area (Å²) in [5.41, 5.74) is 3.16. The summed E-state index contributed by atoms with van der Waals surface area (Å²) in [5.74, 6) is -1.51. The molecule has 6 heteroatoms. The zero-order valence-corrected chi connectivity index (χ0v) is 10.5. The molecule has 96 valence electrons. The van der Waals surface area contributed by atoms with Gasteiger partial charge in [-0.25, -0.2) is 5.43 Å². The van der Waals surface area contributed by atoms with E-state index in [0.717, 1.165) is 0 Å². The SMILES string of the molecule is O=C([O-])c1ccc(C=NNC(=O)c2cccs2)cc1. The average Bonchev–Trinajstić information content (AvgIpc) is 2.93. The lowest BCUT2D eigenvalue weighted by atomic mass is 10.1. The van der Waals surface area contributed by atoms with E-state index in [1.165, 1.54) is 29.7 Å². The number of aromatic carboxylic acids is 1. The third-order valence-electron chi connectivity index (χ3n) is 2.27. The number of benzene rings is 1. The van der Waals surface area contributed by atoms with Crippen LogP contribution in [0, 0.1) is 0 Å². The van der Waals surface area contributed by atoms with E-state index in [2.05, 4.69) is 10.5 Å². The van der Waals surface area contributed by atoms with Crippen LogP contribution in [-0.4, -0.2) is 18.1 Å². The molecule has 0 unspecified atom stereocenters. The first-order valence-electron chi connectivity index (χ1n) is 5.35. The zero-order chi connectivity index (χ0) is 13.7. The summed E-state index contributed by atoms with van der Waals surface area (Å²) in [6.07, 6.45) is 1.44. The molecule has 1 aromatic carbocycles. The molecule has 19 heavy (non-hydrogen) atoms. The summed E-state index contributed by atoms with van der Waals surface area (Å²) >= 11 is 1.32. The molecule has 2 aromatic rings. The molecule has 0 aliphatic rings. The van der Waals surface area contributed by atoms with E-state index < -0.39 is 5.97 Å². The Labute approximate surface area is 113 Å². The standard InChI is InChI=1S/C13H10N2O3S/c16-12(11-2-1-7-19-11)15-14-8-9-3-5-10(6-4-9)13(17)18/h1-8H,(H,15,16)(H,17,18)/p-1. The van der Waals surface area contributed by atoms with Crippen molar-refractivity contribution >= 4 is 29.4 Å². The highest BCUT2D eigenvalue weighted by atomic mass is 32.1. The van der Waals surface area contributed by atoms with Crippen LogP contribution in [0.1, 0.15) is 25.6 Å². The van der Waals surface area contributed by atoms with Crippen molar-refractivity contribution in [3.05, 3.63) is 57.8 Å². The number of rotatable bonds is 4. The van der Waals surface area contributed by atoms with E-state index in [-0.39, 0.29) is 11.5 Å². The van der Waals surface area contributed by atoms with Crippen LogP contribution in [0.3, 0.4) is 0 Å². The monoisotopic (exact) mass is 273 g/mol. The largest absolute Gasteiger partial charge is 0.545 e. The third kappa shape index (κ3) is 3.49. The first-order valence-corrected chi connectivity index (χ1v) is 6.23. The van der Waals surface area contributed by atoms with Crippen molar-refractivity contribution in [2.45, 2.75) is 0 Å². The van der Waals surface area contributed by atoms with Gasteiger partial charge in [0.15, 0.2) is 0 Å². The summed E-state index contributed by atoms with van der Waals surface area (Å²) < 4.78 is 0. The van der Waals surface area contributed by atoms with Gasteiger partial charge in [-0.05, 0) is 22.6 Å². The smallest absolute Gasteiger partial charge is 0.281 e. The molecule has 0 spiro atoms. The maximum Gasteiger partial charge on any atom is 0.281 e. The van der Waals surface area contributed by atoms with Gasteiger partial charge in [0.05, 0.1) is 17.1 Å². The topological polar surface area (TPSA) is 81.6 Å². The minimum absolute atomic E-state index is 0.0970. The predicted octanol–water partition coefficient (Wildman–Crippen LogP) is 0.875. The Bertz CT molecular complexity index is 603. The van der Waals surface area contributed by atoms with Crippen molar-refractivity contribution in [1.82, 2.24) is 5.43 Å². The molecule has 1 heterocycles. The second-order valence-electron chi connectivity index (χ2n) is 3.59. The molecule has 0 bridgehead atoms. The summed E-state index contributed by atoms with van der Waals surface area (Å²) in [4.78, 5) is 22.7. The molecule has 0 saturated heterocycles. The van der Waals surface area contributed by atoms with E-state index in [0.29, 0.717) is 10.4 Å². The Kier molecular flexibility index (Phi) is 4.04. The molecule has 1 amide bonds. The maximum absolute atomic E-state index is 11.5. The van der Waals surface area contributed by atoms with Crippen molar-refractivity contribution < 1.29 is 14.7 Å². The van der Waals surface area contributed by atoms with Crippen LogP contribution in [0.15, 0.2) is 46.9 Å². The molecule has 0 fully saturated rings. The van der Waals surface area contributed by atoms with Crippen molar-refractivity contribution in [2.24, 2.45) is 5.10 Å². The number of nitrogens with zero attached hydrogens (tertiary/aromatic N) is 1. The second kappa shape index (κ2) is 5.92. The number of carboxylic acids is 1. The predicted molar refractivity (Wildman–Crippen MR) is 70.2 cm³/mol. The van der Waals surface area contributed by atoms with E-state index in [9.17, 15) is 14.7 Å². The Morgan fingerprint density at radius 2 is 1.95 bits per heavy atom. The van der Waals surface area contributed by atoms with Crippen LogP contribution >= 0.6 is 11.3 Å². The number of hydrogen-bond donors (Lipinski definition) is 1. The van der Waals surface area contributed by atoms with Gasteiger partial charge in [-0.15, -0.1) is 11.3 Å². The maximum atomic E-state index is 11.5. The van der Waals surface area contributed by atoms with Crippen molar-refractivity contribution in [3.63, 3.8) is 0 Å². The minimum Gasteiger partial charge on any atom is -0.545 e. The van der Waals surface area contributed by atoms with Gasteiger partial charge in [0.1, 0.15) is 0 Å². The minimum atomic E-state index is -1.23. The number of thiophene rings is 1. The van der Waals surface area contributed by atoms with Crippen molar-refractivity contribution in [1.29, 1.82) is 0 Å². The highest BCUT2D eigenvalue weighted by Gasteiger charge is 2.03. The van der Waals surface area contributed by atoms with Gasteiger partial charge >= 0.3 is 0 Å². The van der Waals surface area contributed by atoms with Gasteiger partial charge in [0, 0.05) is 0 Å². The molecule has 0 saturated carbocycles. The molecule has 0 aliphatic heterocycles. The van der Waals surface area contributed by atoms with Crippen molar-refractivity contribution in [3.8, 4) is 0 Å². The summed E-state index contributed by atoms with van der Waals surface area (Å²) in [7, 11) is 0. The van der Waals surface area contributed by atoms with Crippen LogP contribution in [0.5, 0.6) is 0 Å². The fourth-order valence-electron chi connectivity index (χ4n) is 1.33. The van der Waals surface area contributed by atoms with Crippen LogP contribution < -0.4 is 10.5 Å². The zero-order valence-electron chi connectivity index (χ0n) is 9.70.